The summed E-state index contributed by atoms with van der Waals surface area (Å²) in [7, 11) is 0. The normalized spacial score (nSPS) is 10.7. The maximum Gasteiger partial charge on any atom is 0.152 e. The third-order valence-corrected chi connectivity index (χ3v) is 3.50. The first-order valence-electron chi connectivity index (χ1n) is 6.42. The van der Waals surface area contributed by atoms with Crippen molar-refractivity contribution in [2.75, 3.05) is 5.32 Å². The van der Waals surface area contributed by atoms with Crippen molar-refractivity contribution in [2.45, 2.75) is 13.5 Å². The molecule has 0 spiro atoms. The minimum atomic E-state index is 0.490. The van der Waals surface area contributed by atoms with E-state index in [-0.39, 0.29) is 0 Å². The number of rotatable bonds is 3. The molecule has 0 aliphatic rings. The van der Waals surface area contributed by atoms with E-state index in [1.54, 1.807) is 6.20 Å². The van der Waals surface area contributed by atoms with Crippen LogP contribution in [0.2, 0.25) is 5.15 Å². The van der Waals surface area contributed by atoms with Crippen molar-refractivity contribution in [3.63, 3.8) is 0 Å². The van der Waals surface area contributed by atoms with E-state index in [0.29, 0.717) is 11.7 Å². The topological polar surface area (TPSA) is 37.8 Å². The maximum absolute atomic E-state index is 6.09. The van der Waals surface area contributed by atoms with E-state index in [4.69, 9.17) is 11.6 Å². The van der Waals surface area contributed by atoms with Gasteiger partial charge >= 0.3 is 0 Å². The summed E-state index contributed by atoms with van der Waals surface area (Å²) in [6, 6.07) is 10.2. The van der Waals surface area contributed by atoms with Crippen LogP contribution in [0.15, 0.2) is 48.9 Å². The number of hydrogen-bond donors (Lipinski definition) is 1. The van der Waals surface area contributed by atoms with Gasteiger partial charge in [0, 0.05) is 30.5 Å². The monoisotopic (exact) mass is 283 g/mol. The summed E-state index contributed by atoms with van der Waals surface area (Å²) in [5.74, 6) is 0. The molecule has 0 aliphatic heterocycles. The Hall–Kier alpha value is -2.13. The van der Waals surface area contributed by atoms with Crippen LogP contribution in [0.5, 0.6) is 0 Å². The number of hydrogen-bond acceptors (Lipinski definition) is 3. The van der Waals surface area contributed by atoms with E-state index in [0.717, 1.165) is 22.2 Å². The third-order valence-electron chi connectivity index (χ3n) is 3.20. The minimum Gasteiger partial charge on any atom is -0.378 e. The summed E-state index contributed by atoms with van der Waals surface area (Å²) in [5, 5.41) is 6.16. The lowest BCUT2D eigenvalue weighted by Crippen LogP contribution is -2.02. The number of fused-ring (bicyclic) bond motifs is 1. The van der Waals surface area contributed by atoms with Crippen LogP contribution in [0.3, 0.4) is 0 Å². The van der Waals surface area contributed by atoms with Gasteiger partial charge in [-0.1, -0.05) is 35.9 Å². The number of anilines is 1. The molecular weight excluding hydrogens is 270 g/mol. The summed E-state index contributed by atoms with van der Waals surface area (Å²) in [6.45, 7) is 2.66. The van der Waals surface area contributed by atoms with Crippen molar-refractivity contribution in [2.24, 2.45) is 0 Å². The predicted octanol–water partition coefficient (Wildman–Crippen LogP) is 4.20. The van der Waals surface area contributed by atoms with E-state index in [2.05, 4.69) is 27.4 Å². The quantitative estimate of drug-likeness (QED) is 0.732. The van der Waals surface area contributed by atoms with Crippen molar-refractivity contribution in [1.29, 1.82) is 0 Å². The smallest absolute Gasteiger partial charge is 0.152 e. The molecule has 1 N–H and O–H groups in total. The Morgan fingerprint density at radius 2 is 2.00 bits per heavy atom. The highest BCUT2D eigenvalue weighted by atomic mass is 35.5. The average Bonchev–Trinajstić information content (AvgIpc) is 2.48. The van der Waals surface area contributed by atoms with Gasteiger partial charge in [-0.05, 0) is 29.5 Å². The molecular formula is C16H14ClN3. The second-order valence-electron chi connectivity index (χ2n) is 4.72. The van der Waals surface area contributed by atoms with Crippen LogP contribution >= 0.6 is 11.6 Å². The highest BCUT2D eigenvalue weighted by Gasteiger charge is 2.04. The standard InChI is InChI=1S/C16H14ClN3/c1-11-6-15(16(17)20-7-11)19-10-13-9-18-8-12-4-2-3-5-14(12)13/h2-9,19H,10H2,1H3. The van der Waals surface area contributed by atoms with Crippen LogP contribution in [-0.2, 0) is 6.54 Å². The van der Waals surface area contributed by atoms with Gasteiger partial charge in [-0.3, -0.25) is 4.98 Å². The van der Waals surface area contributed by atoms with Crippen LogP contribution in [0.4, 0.5) is 5.69 Å². The summed E-state index contributed by atoms with van der Waals surface area (Å²) in [5.41, 5.74) is 3.06. The molecule has 100 valence electrons. The first kappa shape index (κ1) is 12.9. The molecule has 0 radical (unpaired) electrons. The molecule has 1 aromatic carbocycles. The van der Waals surface area contributed by atoms with Crippen LogP contribution in [-0.4, -0.2) is 9.97 Å². The lowest BCUT2D eigenvalue weighted by molar-refractivity contribution is 1.12. The van der Waals surface area contributed by atoms with Crippen LogP contribution in [0, 0.1) is 6.92 Å². The van der Waals surface area contributed by atoms with Gasteiger partial charge in [0.15, 0.2) is 5.15 Å². The van der Waals surface area contributed by atoms with Gasteiger partial charge in [-0.15, -0.1) is 0 Å². The first-order valence-corrected chi connectivity index (χ1v) is 6.79. The second kappa shape index (κ2) is 5.47. The van der Waals surface area contributed by atoms with Crippen LogP contribution in [0.1, 0.15) is 11.1 Å². The Morgan fingerprint density at radius 3 is 2.90 bits per heavy atom. The number of aromatic nitrogens is 2. The largest absolute Gasteiger partial charge is 0.378 e. The van der Waals surface area contributed by atoms with Crippen molar-refractivity contribution in [3.05, 3.63) is 65.2 Å². The van der Waals surface area contributed by atoms with Gasteiger partial charge in [0.25, 0.3) is 0 Å². The first-order chi connectivity index (χ1) is 9.74. The van der Waals surface area contributed by atoms with E-state index in [1.165, 1.54) is 5.39 Å². The molecule has 0 bridgehead atoms. The van der Waals surface area contributed by atoms with Crippen LogP contribution < -0.4 is 5.32 Å². The molecule has 20 heavy (non-hydrogen) atoms. The number of nitrogens with zero attached hydrogens (tertiary/aromatic N) is 2. The number of aryl methyl sites for hydroxylation is 1. The fourth-order valence-electron chi connectivity index (χ4n) is 2.19. The minimum absolute atomic E-state index is 0.490. The zero-order valence-corrected chi connectivity index (χ0v) is 11.9. The second-order valence-corrected chi connectivity index (χ2v) is 5.08. The summed E-state index contributed by atoms with van der Waals surface area (Å²) >= 11 is 6.09. The molecule has 0 atom stereocenters. The maximum atomic E-state index is 6.09. The van der Waals surface area contributed by atoms with Crippen molar-refractivity contribution in [1.82, 2.24) is 9.97 Å². The lowest BCUT2D eigenvalue weighted by Gasteiger charge is -2.10. The molecule has 0 amide bonds. The molecule has 0 saturated heterocycles. The van der Waals surface area contributed by atoms with Crippen molar-refractivity contribution in [3.8, 4) is 0 Å². The SMILES string of the molecule is Cc1cnc(Cl)c(NCc2cncc3ccccc23)c1. The Morgan fingerprint density at radius 1 is 1.15 bits per heavy atom. The van der Waals surface area contributed by atoms with Gasteiger partial charge in [-0.25, -0.2) is 4.98 Å². The highest BCUT2D eigenvalue weighted by Crippen LogP contribution is 2.22. The Labute approximate surface area is 122 Å². The van der Waals surface area contributed by atoms with E-state index in [9.17, 15) is 0 Å². The fourth-order valence-corrected chi connectivity index (χ4v) is 2.36. The number of pyridine rings is 2. The van der Waals surface area contributed by atoms with Gasteiger partial charge < -0.3 is 5.32 Å². The van der Waals surface area contributed by atoms with Crippen molar-refractivity contribution < 1.29 is 0 Å². The highest BCUT2D eigenvalue weighted by molar-refractivity contribution is 6.31. The van der Waals surface area contributed by atoms with Crippen LogP contribution in [0.25, 0.3) is 10.8 Å². The van der Waals surface area contributed by atoms with E-state index in [1.807, 2.05) is 37.5 Å². The van der Waals surface area contributed by atoms with E-state index < -0.39 is 0 Å². The molecule has 3 nitrogen and oxygen atoms in total. The molecule has 3 rings (SSSR count). The predicted molar refractivity (Wildman–Crippen MR) is 83.1 cm³/mol. The van der Waals surface area contributed by atoms with Gasteiger partial charge in [0.1, 0.15) is 0 Å². The number of nitrogens with one attached hydrogen (secondary N) is 1. The molecule has 0 saturated carbocycles. The summed E-state index contributed by atoms with van der Waals surface area (Å²) < 4.78 is 0. The molecule has 0 aliphatic carbocycles. The van der Waals surface area contributed by atoms with Gasteiger partial charge in [0.05, 0.1) is 5.69 Å². The molecule has 0 fully saturated rings. The molecule has 4 heteroatoms. The molecule has 0 unspecified atom stereocenters. The fraction of sp³-hybridized carbons (Fsp3) is 0.125. The van der Waals surface area contributed by atoms with Gasteiger partial charge in [0.2, 0.25) is 0 Å². The zero-order valence-electron chi connectivity index (χ0n) is 11.1. The molecule has 2 aromatic heterocycles. The van der Waals surface area contributed by atoms with Crippen molar-refractivity contribution >= 4 is 28.1 Å². The zero-order chi connectivity index (χ0) is 13.9. The average molecular weight is 284 g/mol. The molecule has 3 aromatic rings. The summed E-state index contributed by atoms with van der Waals surface area (Å²) in [6.07, 6.45) is 5.51. The summed E-state index contributed by atoms with van der Waals surface area (Å²) in [4.78, 5) is 8.42. The van der Waals surface area contributed by atoms with Gasteiger partial charge in [-0.2, -0.15) is 0 Å². The van der Waals surface area contributed by atoms with E-state index >= 15 is 0 Å². The third kappa shape index (κ3) is 2.58. The number of benzene rings is 1. The Balaban J connectivity index is 1.89. The number of halogens is 1. The molecule has 2 heterocycles. The lowest BCUT2D eigenvalue weighted by atomic mass is 10.1. The Kier molecular flexibility index (Phi) is 3.52. The Bertz CT molecular complexity index is 750.